The molecular weight excluding hydrogens is 200 g/mol. The van der Waals surface area contributed by atoms with E-state index in [9.17, 15) is 9.59 Å². The Morgan fingerprint density at radius 1 is 1.38 bits per heavy atom. The highest BCUT2D eigenvalue weighted by molar-refractivity contribution is 6.08. The first kappa shape index (κ1) is 12.2. The van der Waals surface area contributed by atoms with Crippen molar-refractivity contribution in [3.8, 4) is 0 Å². The highest BCUT2D eigenvalue weighted by Crippen LogP contribution is 2.08. The van der Waals surface area contributed by atoms with E-state index >= 15 is 0 Å². The summed E-state index contributed by atoms with van der Waals surface area (Å²) < 4.78 is 0. The monoisotopic (exact) mass is 214 g/mol. The molecule has 2 heteroatoms. The van der Waals surface area contributed by atoms with E-state index in [4.69, 9.17) is 0 Å². The number of hydrogen-bond acceptors (Lipinski definition) is 2. The van der Waals surface area contributed by atoms with Gasteiger partial charge in [-0.15, -0.1) is 5.73 Å². The van der Waals surface area contributed by atoms with E-state index in [-0.39, 0.29) is 23.9 Å². The molecule has 1 atom stereocenters. The summed E-state index contributed by atoms with van der Waals surface area (Å²) in [5, 5.41) is 0. The second-order valence-corrected chi connectivity index (χ2v) is 3.59. The van der Waals surface area contributed by atoms with Gasteiger partial charge in [0.15, 0.2) is 5.78 Å². The van der Waals surface area contributed by atoms with Gasteiger partial charge in [-0.3, -0.25) is 9.59 Å². The number of hydrogen-bond donors (Lipinski definition) is 0. The zero-order valence-electron chi connectivity index (χ0n) is 9.27. The lowest BCUT2D eigenvalue weighted by molar-refractivity contribution is -0.120. The minimum absolute atomic E-state index is 0.0661. The highest BCUT2D eigenvalue weighted by atomic mass is 16.1. The van der Waals surface area contributed by atoms with Crippen LogP contribution in [-0.2, 0) is 4.79 Å². The molecule has 0 amide bonds. The standard InChI is InChI=1S/C14H14O2/c1-3-7-11(2)13(15)10-14(16)12-8-5-4-6-9-12/h4-9,11H,1,10H2,2H3. The molecule has 0 radical (unpaired) electrons. The van der Waals surface area contributed by atoms with Crippen LogP contribution in [0.4, 0.5) is 0 Å². The summed E-state index contributed by atoms with van der Waals surface area (Å²) in [4.78, 5) is 23.3. The van der Waals surface area contributed by atoms with E-state index in [1.54, 1.807) is 37.3 Å². The molecule has 0 spiro atoms. The summed E-state index contributed by atoms with van der Waals surface area (Å²) in [6.07, 6.45) is 1.50. The molecule has 0 fully saturated rings. The molecule has 1 unspecified atom stereocenters. The smallest absolute Gasteiger partial charge is 0.170 e. The van der Waals surface area contributed by atoms with Gasteiger partial charge in [0, 0.05) is 11.5 Å². The van der Waals surface area contributed by atoms with Gasteiger partial charge in [-0.1, -0.05) is 43.8 Å². The molecular formula is C14H14O2. The van der Waals surface area contributed by atoms with Gasteiger partial charge in [0.2, 0.25) is 0 Å². The number of Topliss-reactive ketones (excluding diaryl/α,β-unsaturated/α-hetero) is 2. The van der Waals surface area contributed by atoms with Gasteiger partial charge in [0.1, 0.15) is 5.78 Å². The first-order chi connectivity index (χ1) is 7.65. The predicted molar refractivity (Wildman–Crippen MR) is 63.3 cm³/mol. The Morgan fingerprint density at radius 2 is 2.00 bits per heavy atom. The van der Waals surface area contributed by atoms with Gasteiger partial charge in [-0.25, -0.2) is 0 Å². The lowest BCUT2D eigenvalue weighted by Gasteiger charge is -2.03. The molecule has 0 aromatic heterocycles. The van der Waals surface area contributed by atoms with Crippen molar-refractivity contribution in [3.05, 3.63) is 54.3 Å². The van der Waals surface area contributed by atoms with Gasteiger partial charge in [0.05, 0.1) is 6.42 Å². The SMILES string of the molecule is C=C=CC(C)C(=O)CC(=O)c1ccccc1. The molecule has 1 rings (SSSR count). The molecule has 0 heterocycles. The molecule has 16 heavy (non-hydrogen) atoms. The number of carbonyl (C=O) groups is 2. The van der Waals surface area contributed by atoms with Crippen molar-refractivity contribution in [1.29, 1.82) is 0 Å². The van der Waals surface area contributed by atoms with Gasteiger partial charge >= 0.3 is 0 Å². The molecule has 0 saturated heterocycles. The fraction of sp³-hybridized carbons (Fsp3) is 0.214. The van der Waals surface area contributed by atoms with Crippen molar-refractivity contribution in [1.82, 2.24) is 0 Å². The maximum Gasteiger partial charge on any atom is 0.170 e. The number of benzene rings is 1. The Hall–Kier alpha value is -1.92. The highest BCUT2D eigenvalue weighted by Gasteiger charge is 2.15. The third-order valence-electron chi connectivity index (χ3n) is 2.31. The molecule has 0 bridgehead atoms. The molecule has 0 aliphatic rings. The Balaban J connectivity index is 2.66. The van der Waals surface area contributed by atoms with Crippen LogP contribution >= 0.6 is 0 Å². The van der Waals surface area contributed by atoms with Crippen molar-refractivity contribution in [2.75, 3.05) is 0 Å². The van der Waals surface area contributed by atoms with Gasteiger partial charge < -0.3 is 0 Å². The van der Waals surface area contributed by atoms with Gasteiger partial charge in [-0.05, 0) is 6.08 Å². The van der Waals surface area contributed by atoms with E-state index in [0.717, 1.165) is 0 Å². The first-order valence-electron chi connectivity index (χ1n) is 5.12. The predicted octanol–water partition coefficient (Wildman–Crippen LogP) is 2.81. The Bertz CT molecular complexity index is 425. The normalized spacial score (nSPS) is 11.3. The summed E-state index contributed by atoms with van der Waals surface area (Å²) in [6, 6.07) is 8.82. The van der Waals surface area contributed by atoms with Crippen molar-refractivity contribution in [2.45, 2.75) is 13.3 Å². The Morgan fingerprint density at radius 3 is 2.56 bits per heavy atom. The van der Waals surface area contributed by atoms with E-state index in [0.29, 0.717) is 5.56 Å². The van der Waals surface area contributed by atoms with Gasteiger partial charge in [-0.2, -0.15) is 0 Å². The van der Waals surface area contributed by atoms with Crippen molar-refractivity contribution in [2.24, 2.45) is 5.92 Å². The number of carbonyl (C=O) groups excluding carboxylic acids is 2. The van der Waals surface area contributed by atoms with Crippen LogP contribution in [0, 0.1) is 5.92 Å². The number of allylic oxidation sites excluding steroid dienone is 1. The van der Waals surface area contributed by atoms with E-state index in [1.165, 1.54) is 0 Å². The van der Waals surface area contributed by atoms with Crippen LogP contribution in [0.2, 0.25) is 0 Å². The van der Waals surface area contributed by atoms with Crippen LogP contribution in [-0.4, -0.2) is 11.6 Å². The third kappa shape index (κ3) is 3.34. The zero-order valence-corrected chi connectivity index (χ0v) is 9.27. The van der Waals surface area contributed by atoms with E-state index in [1.807, 2.05) is 6.07 Å². The summed E-state index contributed by atoms with van der Waals surface area (Å²) in [5.41, 5.74) is 3.13. The molecule has 0 N–H and O–H groups in total. The van der Waals surface area contributed by atoms with Crippen molar-refractivity contribution < 1.29 is 9.59 Å². The van der Waals surface area contributed by atoms with Crippen molar-refractivity contribution in [3.63, 3.8) is 0 Å². The lowest BCUT2D eigenvalue weighted by Crippen LogP contribution is -2.14. The van der Waals surface area contributed by atoms with Crippen molar-refractivity contribution >= 4 is 11.6 Å². The van der Waals surface area contributed by atoms with Crippen LogP contribution < -0.4 is 0 Å². The molecule has 82 valence electrons. The second-order valence-electron chi connectivity index (χ2n) is 3.59. The molecule has 2 nitrogen and oxygen atoms in total. The van der Waals surface area contributed by atoms with Crippen LogP contribution in [0.25, 0.3) is 0 Å². The quantitative estimate of drug-likeness (QED) is 0.429. The molecule has 1 aromatic rings. The fourth-order valence-corrected chi connectivity index (χ4v) is 1.32. The largest absolute Gasteiger partial charge is 0.299 e. The number of rotatable bonds is 5. The second kappa shape index (κ2) is 5.84. The summed E-state index contributed by atoms with van der Waals surface area (Å²) in [5.74, 6) is -0.551. The average molecular weight is 214 g/mol. The molecule has 0 aliphatic heterocycles. The summed E-state index contributed by atoms with van der Waals surface area (Å²) in [7, 11) is 0. The topological polar surface area (TPSA) is 34.1 Å². The summed E-state index contributed by atoms with van der Waals surface area (Å²) in [6.45, 7) is 5.14. The average Bonchev–Trinajstić information content (AvgIpc) is 2.30. The van der Waals surface area contributed by atoms with E-state index in [2.05, 4.69) is 12.3 Å². The molecule has 0 aliphatic carbocycles. The Labute approximate surface area is 95.3 Å². The molecule has 0 saturated carbocycles. The third-order valence-corrected chi connectivity index (χ3v) is 2.31. The van der Waals surface area contributed by atoms with Crippen LogP contribution in [0.3, 0.4) is 0 Å². The fourth-order valence-electron chi connectivity index (χ4n) is 1.32. The van der Waals surface area contributed by atoms with Crippen LogP contribution in [0.15, 0.2) is 48.7 Å². The van der Waals surface area contributed by atoms with Gasteiger partial charge in [0.25, 0.3) is 0 Å². The summed E-state index contributed by atoms with van der Waals surface area (Å²) >= 11 is 0. The first-order valence-corrected chi connectivity index (χ1v) is 5.12. The zero-order chi connectivity index (χ0) is 12.0. The maximum absolute atomic E-state index is 11.7. The Kier molecular flexibility index (Phi) is 4.43. The molecule has 1 aromatic carbocycles. The number of ketones is 2. The van der Waals surface area contributed by atoms with Crippen LogP contribution in [0.1, 0.15) is 23.7 Å². The van der Waals surface area contributed by atoms with E-state index < -0.39 is 0 Å². The maximum atomic E-state index is 11.7. The lowest BCUT2D eigenvalue weighted by atomic mass is 9.98. The minimum Gasteiger partial charge on any atom is -0.299 e. The van der Waals surface area contributed by atoms with Crippen LogP contribution in [0.5, 0.6) is 0 Å². The minimum atomic E-state index is -0.301.